The summed E-state index contributed by atoms with van der Waals surface area (Å²) in [5.74, 6) is 0.559. The van der Waals surface area contributed by atoms with Crippen molar-refractivity contribution in [2.24, 2.45) is 0 Å². The first-order valence-electron chi connectivity index (χ1n) is 9.86. The summed E-state index contributed by atoms with van der Waals surface area (Å²) < 4.78 is 44.5. The normalized spacial score (nSPS) is 10.9. The zero-order valence-corrected chi connectivity index (χ0v) is 19.8. The molecule has 3 rings (SSSR count). The first-order chi connectivity index (χ1) is 15.8. The van der Waals surface area contributed by atoms with Crippen molar-refractivity contribution < 1.29 is 27.4 Å². The molecule has 0 aromatic heterocycles. The highest BCUT2D eigenvalue weighted by Crippen LogP contribution is 2.30. The third-order valence-electron chi connectivity index (χ3n) is 4.53. The van der Waals surface area contributed by atoms with Crippen molar-refractivity contribution in [3.63, 3.8) is 0 Å². The highest BCUT2D eigenvalue weighted by atomic mass is 35.5. The molecule has 0 spiro atoms. The Morgan fingerprint density at radius 3 is 2.18 bits per heavy atom. The quantitative estimate of drug-likeness (QED) is 0.446. The second-order valence-corrected chi connectivity index (χ2v) is 8.81. The van der Waals surface area contributed by atoms with Crippen LogP contribution in [0.4, 0.5) is 11.4 Å². The van der Waals surface area contributed by atoms with Gasteiger partial charge in [0.1, 0.15) is 22.1 Å². The van der Waals surface area contributed by atoms with Gasteiger partial charge in [0, 0.05) is 16.4 Å². The lowest BCUT2D eigenvalue weighted by Crippen LogP contribution is -2.16. The van der Waals surface area contributed by atoms with E-state index in [4.69, 9.17) is 25.8 Å². The fourth-order valence-electron chi connectivity index (χ4n) is 3.02. The van der Waals surface area contributed by atoms with Gasteiger partial charge in [-0.3, -0.25) is 9.52 Å². The lowest BCUT2D eigenvalue weighted by molar-refractivity contribution is 0.102. The van der Waals surface area contributed by atoms with Gasteiger partial charge in [0.2, 0.25) is 0 Å². The van der Waals surface area contributed by atoms with Crippen LogP contribution in [0.25, 0.3) is 0 Å². The van der Waals surface area contributed by atoms with Crippen LogP contribution in [0.15, 0.2) is 65.6 Å². The van der Waals surface area contributed by atoms with E-state index in [0.717, 1.165) is 0 Å². The van der Waals surface area contributed by atoms with E-state index in [1.54, 1.807) is 36.4 Å². The summed E-state index contributed by atoms with van der Waals surface area (Å²) in [6, 6.07) is 15.4. The molecule has 0 bridgehead atoms. The van der Waals surface area contributed by atoms with E-state index in [1.807, 2.05) is 6.92 Å². The molecular weight excluding hydrogens is 468 g/mol. The summed E-state index contributed by atoms with van der Waals surface area (Å²) >= 11 is 6.00. The van der Waals surface area contributed by atoms with Gasteiger partial charge in [-0.25, -0.2) is 8.42 Å². The van der Waals surface area contributed by atoms with Crippen LogP contribution >= 0.6 is 11.6 Å². The average Bonchev–Trinajstić information content (AvgIpc) is 2.80. The van der Waals surface area contributed by atoms with Crippen molar-refractivity contribution in [1.82, 2.24) is 0 Å². The number of anilines is 2. The fourth-order valence-corrected chi connectivity index (χ4v) is 4.44. The largest absolute Gasteiger partial charge is 0.496 e. The monoisotopic (exact) mass is 490 g/mol. The number of nitrogens with one attached hydrogen (secondary N) is 2. The second kappa shape index (κ2) is 10.5. The van der Waals surface area contributed by atoms with Gasteiger partial charge in [-0.15, -0.1) is 0 Å². The summed E-state index contributed by atoms with van der Waals surface area (Å²) in [6.45, 7) is 2.36. The first-order valence-corrected chi connectivity index (χ1v) is 11.7. The number of rotatable bonds is 9. The fraction of sp³-hybridized carbons (Fsp3) is 0.174. The van der Waals surface area contributed by atoms with Crippen LogP contribution < -0.4 is 24.2 Å². The van der Waals surface area contributed by atoms with Crippen LogP contribution in [-0.4, -0.2) is 35.2 Å². The number of sulfonamides is 1. The molecule has 0 radical (unpaired) electrons. The molecule has 1 amide bonds. The molecule has 3 aromatic rings. The van der Waals surface area contributed by atoms with E-state index in [2.05, 4.69) is 10.0 Å². The molecule has 0 atom stereocenters. The number of carbonyl (C=O) groups excluding carboxylic acids is 1. The predicted octanol–water partition coefficient (Wildman–Crippen LogP) is 4.81. The Morgan fingerprint density at radius 1 is 0.909 bits per heavy atom. The summed E-state index contributed by atoms with van der Waals surface area (Å²) in [6.07, 6.45) is 0. The number of ether oxygens (including phenoxy) is 3. The molecule has 0 aliphatic rings. The van der Waals surface area contributed by atoms with E-state index in [9.17, 15) is 13.2 Å². The highest BCUT2D eigenvalue weighted by Gasteiger charge is 2.22. The zero-order valence-electron chi connectivity index (χ0n) is 18.2. The molecule has 0 fully saturated rings. The van der Waals surface area contributed by atoms with Gasteiger partial charge in [-0.1, -0.05) is 11.6 Å². The molecule has 0 unspecified atom stereocenters. The number of hydrogen-bond donors (Lipinski definition) is 2. The Bertz CT molecular complexity index is 1250. The van der Waals surface area contributed by atoms with Gasteiger partial charge in [-0.05, 0) is 67.6 Å². The molecule has 0 heterocycles. The van der Waals surface area contributed by atoms with Gasteiger partial charge < -0.3 is 19.5 Å². The van der Waals surface area contributed by atoms with Gasteiger partial charge >= 0.3 is 0 Å². The number of hydrogen-bond acceptors (Lipinski definition) is 6. The van der Waals surface area contributed by atoms with Crippen LogP contribution in [0, 0.1) is 0 Å². The average molecular weight is 491 g/mol. The van der Waals surface area contributed by atoms with Crippen molar-refractivity contribution in [2.45, 2.75) is 11.8 Å². The molecule has 0 saturated heterocycles. The lowest BCUT2D eigenvalue weighted by Gasteiger charge is -2.14. The SMILES string of the molecule is CCOc1ccc(NS(=O)(=O)c2cc(NC(=O)c3cc(Cl)ccc3OC)ccc2OC)cc1. The minimum Gasteiger partial charge on any atom is -0.496 e. The Hall–Kier alpha value is -3.43. The topological polar surface area (TPSA) is 103 Å². The van der Waals surface area contributed by atoms with E-state index >= 15 is 0 Å². The van der Waals surface area contributed by atoms with Gasteiger partial charge in [0.25, 0.3) is 15.9 Å². The molecule has 33 heavy (non-hydrogen) atoms. The Morgan fingerprint density at radius 2 is 1.55 bits per heavy atom. The van der Waals surface area contributed by atoms with Crippen molar-refractivity contribution >= 4 is 38.9 Å². The first kappa shape index (κ1) is 24.2. The minimum absolute atomic E-state index is 0.117. The van der Waals surface area contributed by atoms with E-state index < -0.39 is 15.9 Å². The third kappa shape index (κ3) is 5.88. The van der Waals surface area contributed by atoms with Crippen molar-refractivity contribution in [1.29, 1.82) is 0 Å². The van der Waals surface area contributed by atoms with E-state index in [1.165, 1.54) is 38.5 Å². The molecule has 2 N–H and O–H groups in total. The molecule has 174 valence electrons. The molecule has 3 aromatic carbocycles. The molecule has 0 aliphatic carbocycles. The van der Waals surface area contributed by atoms with Crippen molar-refractivity contribution in [3.05, 3.63) is 71.2 Å². The molecule has 0 aliphatic heterocycles. The minimum atomic E-state index is -4.04. The van der Waals surface area contributed by atoms with Gasteiger partial charge in [0.15, 0.2) is 0 Å². The van der Waals surface area contributed by atoms with Crippen molar-refractivity contribution in [2.75, 3.05) is 30.9 Å². The maximum Gasteiger partial charge on any atom is 0.265 e. The number of benzene rings is 3. The summed E-state index contributed by atoms with van der Waals surface area (Å²) in [4.78, 5) is 12.6. The van der Waals surface area contributed by atoms with Gasteiger partial charge in [-0.2, -0.15) is 0 Å². The smallest absolute Gasteiger partial charge is 0.265 e. The zero-order chi connectivity index (χ0) is 24.0. The van der Waals surface area contributed by atoms with Gasteiger partial charge in [0.05, 0.1) is 26.4 Å². The molecule has 8 nitrogen and oxygen atoms in total. The summed E-state index contributed by atoms with van der Waals surface area (Å²) in [5, 5.41) is 3.03. The van der Waals surface area contributed by atoms with Crippen molar-refractivity contribution in [3.8, 4) is 17.2 Å². The summed E-state index contributed by atoms with van der Waals surface area (Å²) in [5.41, 5.74) is 0.797. The standard InChI is InChI=1S/C23H23ClN2O6S/c1-4-32-18-9-6-16(7-10-18)26-33(28,29)22-14-17(8-12-21(22)31-3)25-23(27)19-13-15(24)5-11-20(19)30-2/h5-14,26H,4H2,1-3H3,(H,25,27). The summed E-state index contributed by atoms with van der Waals surface area (Å²) in [7, 11) is -1.24. The Balaban J connectivity index is 1.88. The molecule has 0 saturated carbocycles. The Kier molecular flexibility index (Phi) is 7.67. The van der Waals surface area contributed by atoms with Crippen LogP contribution in [0.5, 0.6) is 17.2 Å². The number of amides is 1. The maximum atomic E-state index is 13.1. The van der Waals surface area contributed by atoms with Crippen LogP contribution in [0.2, 0.25) is 5.02 Å². The predicted molar refractivity (Wildman–Crippen MR) is 127 cm³/mol. The van der Waals surface area contributed by atoms with E-state index in [-0.39, 0.29) is 21.9 Å². The third-order valence-corrected chi connectivity index (χ3v) is 6.17. The molecular formula is C23H23ClN2O6S. The second-order valence-electron chi connectivity index (χ2n) is 6.73. The van der Waals surface area contributed by atoms with Crippen LogP contribution in [-0.2, 0) is 10.0 Å². The number of methoxy groups -OCH3 is 2. The number of carbonyl (C=O) groups is 1. The van der Waals surface area contributed by atoms with Crippen LogP contribution in [0.1, 0.15) is 17.3 Å². The lowest BCUT2D eigenvalue weighted by atomic mass is 10.2. The van der Waals surface area contributed by atoms with E-state index in [0.29, 0.717) is 28.8 Å². The maximum absolute atomic E-state index is 13.1. The molecule has 10 heteroatoms. The van der Waals surface area contributed by atoms with Crippen LogP contribution in [0.3, 0.4) is 0 Å². The Labute approximate surface area is 197 Å². The number of halogens is 1. The highest BCUT2D eigenvalue weighted by molar-refractivity contribution is 7.92.